The molecule has 0 aliphatic rings. The molecule has 0 unspecified atom stereocenters. The lowest BCUT2D eigenvalue weighted by atomic mass is 9.78. The van der Waals surface area contributed by atoms with Crippen LogP contribution in [0.1, 0.15) is 63.0 Å². The molecule has 5 heteroatoms. The van der Waals surface area contributed by atoms with Crippen LogP contribution in [-0.4, -0.2) is 38.2 Å². The van der Waals surface area contributed by atoms with Gasteiger partial charge < -0.3 is 19.3 Å². The summed E-state index contributed by atoms with van der Waals surface area (Å²) in [5, 5.41) is 9.45. The molecule has 0 heterocycles. The van der Waals surface area contributed by atoms with E-state index in [0.29, 0.717) is 19.0 Å². The van der Waals surface area contributed by atoms with Crippen molar-refractivity contribution in [2.75, 3.05) is 27.1 Å². The monoisotopic (exact) mass is 338 g/mol. The molecule has 0 atom stereocenters. The summed E-state index contributed by atoms with van der Waals surface area (Å²) in [4.78, 5) is 11.5. The molecule has 1 aromatic carbocycles. The van der Waals surface area contributed by atoms with E-state index >= 15 is 0 Å². The number of hydrogen-bond acceptors (Lipinski definition) is 4. The number of benzene rings is 1. The van der Waals surface area contributed by atoms with Gasteiger partial charge in [-0.15, -0.1) is 0 Å². The fraction of sp³-hybridized carbons (Fsp3) is 0.632. The van der Waals surface area contributed by atoms with Gasteiger partial charge in [0.1, 0.15) is 5.75 Å². The van der Waals surface area contributed by atoms with Crippen LogP contribution in [0.25, 0.3) is 0 Å². The van der Waals surface area contributed by atoms with Crippen molar-refractivity contribution in [2.45, 2.75) is 52.4 Å². The molecule has 0 amide bonds. The first kappa shape index (κ1) is 20.5. The second kappa shape index (κ2) is 7.99. The highest BCUT2D eigenvalue weighted by Crippen LogP contribution is 2.40. The Labute approximate surface area is 144 Å². The van der Waals surface area contributed by atoms with Crippen LogP contribution < -0.4 is 4.74 Å². The number of rotatable bonds is 7. The van der Waals surface area contributed by atoms with Gasteiger partial charge in [-0.25, -0.2) is 4.79 Å². The standard InChI is InChI=1S/C19H30O5/c1-18(2,3)14-10-13(17(20)21)11-15(19(4,5)6)16(14)24-12-23-9-8-22-7/h10-11H,8-9,12H2,1-7H3,(H,20,21). The molecule has 136 valence electrons. The van der Waals surface area contributed by atoms with Gasteiger partial charge in [0.05, 0.1) is 18.8 Å². The Morgan fingerprint density at radius 2 is 1.50 bits per heavy atom. The van der Waals surface area contributed by atoms with Gasteiger partial charge in [-0.05, 0) is 23.0 Å². The first-order valence-electron chi connectivity index (χ1n) is 8.10. The molecule has 0 aliphatic carbocycles. The molecule has 0 saturated carbocycles. The van der Waals surface area contributed by atoms with E-state index in [1.165, 1.54) is 0 Å². The number of methoxy groups -OCH3 is 1. The zero-order chi connectivity index (χ0) is 18.5. The number of aromatic carboxylic acids is 1. The van der Waals surface area contributed by atoms with E-state index in [4.69, 9.17) is 14.2 Å². The van der Waals surface area contributed by atoms with Gasteiger partial charge in [0.15, 0.2) is 6.79 Å². The second-order valence-electron chi connectivity index (χ2n) is 7.87. The molecule has 1 aromatic rings. The van der Waals surface area contributed by atoms with Gasteiger partial charge in [0, 0.05) is 18.2 Å². The van der Waals surface area contributed by atoms with Crippen molar-refractivity contribution < 1.29 is 24.1 Å². The normalized spacial score (nSPS) is 12.3. The van der Waals surface area contributed by atoms with Crippen molar-refractivity contribution in [2.24, 2.45) is 0 Å². The fourth-order valence-electron chi connectivity index (χ4n) is 2.32. The van der Waals surface area contributed by atoms with E-state index in [2.05, 4.69) is 0 Å². The van der Waals surface area contributed by atoms with Crippen LogP contribution in [0, 0.1) is 0 Å². The zero-order valence-corrected chi connectivity index (χ0v) is 15.9. The fourth-order valence-corrected chi connectivity index (χ4v) is 2.32. The zero-order valence-electron chi connectivity index (χ0n) is 15.9. The highest BCUT2D eigenvalue weighted by Gasteiger charge is 2.29. The van der Waals surface area contributed by atoms with Crippen LogP contribution >= 0.6 is 0 Å². The Kier molecular flexibility index (Phi) is 6.81. The lowest BCUT2D eigenvalue weighted by molar-refractivity contribution is -0.00992. The minimum atomic E-state index is -0.936. The van der Waals surface area contributed by atoms with Gasteiger partial charge in [0.25, 0.3) is 0 Å². The summed E-state index contributed by atoms with van der Waals surface area (Å²) in [6.45, 7) is 13.3. The predicted molar refractivity (Wildman–Crippen MR) is 94.1 cm³/mol. The highest BCUT2D eigenvalue weighted by molar-refractivity contribution is 5.88. The maximum absolute atomic E-state index is 11.5. The number of carbonyl (C=O) groups is 1. The predicted octanol–water partition coefficient (Wildman–Crippen LogP) is 3.98. The number of carboxylic acid groups (broad SMARTS) is 1. The summed E-state index contributed by atoms with van der Waals surface area (Å²) in [6.07, 6.45) is 0. The van der Waals surface area contributed by atoms with Gasteiger partial charge in [0.2, 0.25) is 0 Å². The quantitative estimate of drug-likeness (QED) is 0.602. The first-order valence-corrected chi connectivity index (χ1v) is 8.10. The van der Waals surface area contributed by atoms with E-state index in [-0.39, 0.29) is 23.2 Å². The van der Waals surface area contributed by atoms with E-state index in [0.717, 1.165) is 11.1 Å². The third-order valence-corrected chi connectivity index (χ3v) is 3.67. The lowest BCUT2D eigenvalue weighted by Crippen LogP contribution is -2.22. The average Bonchev–Trinajstić information content (AvgIpc) is 2.44. The smallest absolute Gasteiger partial charge is 0.335 e. The maximum Gasteiger partial charge on any atom is 0.335 e. The van der Waals surface area contributed by atoms with Gasteiger partial charge >= 0.3 is 5.97 Å². The third-order valence-electron chi connectivity index (χ3n) is 3.67. The van der Waals surface area contributed by atoms with Crippen molar-refractivity contribution in [3.05, 3.63) is 28.8 Å². The average molecular weight is 338 g/mol. The molecule has 0 aliphatic heterocycles. The van der Waals surface area contributed by atoms with Crippen molar-refractivity contribution in [3.63, 3.8) is 0 Å². The van der Waals surface area contributed by atoms with Crippen molar-refractivity contribution in [1.82, 2.24) is 0 Å². The molecular weight excluding hydrogens is 308 g/mol. The minimum Gasteiger partial charge on any atom is -0.478 e. The summed E-state index contributed by atoms with van der Waals surface area (Å²) in [6, 6.07) is 3.39. The second-order valence-corrected chi connectivity index (χ2v) is 7.87. The van der Waals surface area contributed by atoms with Crippen LogP contribution in [0.5, 0.6) is 5.75 Å². The third kappa shape index (κ3) is 5.49. The summed E-state index contributed by atoms with van der Waals surface area (Å²) in [7, 11) is 1.62. The number of carboxylic acids is 1. The molecule has 0 spiro atoms. The molecule has 1 rings (SSSR count). The van der Waals surface area contributed by atoms with Crippen molar-refractivity contribution in [3.8, 4) is 5.75 Å². The summed E-state index contributed by atoms with van der Waals surface area (Å²) < 4.78 is 16.3. The molecule has 0 radical (unpaired) electrons. The number of ether oxygens (including phenoxy) is 3. The Balaban J connectivity index is 3.32. The first-order chi connectivity index (χ1) is 11.0. The maximum atomic E-state index is 11.5. The molecule has 0 saturated heterocycles. The largest absolute Gasteiger partial charge is 0.478 e. The molecule has 1 N–H and O–H groups in total. The van der Waals surface area contributed by atoms with Gasteiger partial charge in [-0.3, -0.25) is 0 Å². The number of hydrogen-bond donors (Lipinski definition) is 1. The molecule has 24 heavy (non-hydrogen) atoms. The van der Waals surface area contributed by atoms with E-state index in [1.54, 1.807) is 19.2 Å². The SMILES string of the molecule is COCCOCOc1c(C(C)(C)C)cc(C(=O)O)cc1C(C)(C)C. The van der Waals surface area contributed by atoms with Crippen LogP contribution in [0.15, 0.2) is 12.1 Å². The van der Waals surface area contributed by atoms with Crippen LogP contribution in [-0.2, 0) is 20.3 Å². The summed E-state index contributed by atoms with van der Waals surface area (Å²) >= 11 is 0. The molecule has 5 nitrogen and oxygen atoms in total. The minimum absolute atomic E-state index is 0.0991. The molecule has 0 fully saturated rings. The Morgan fingerprint density at radius 1 is 1.00 bits per heavy atom. The van der Waals surface area contributed by atoms with Crippen LogP contribution in [0.3, 0.4) is 0 Å². The molecule has 0 bridgehead atoms. The Bertz CT molecular complexity index is 529. The van der Waals surface area contributed by atoms with Crippen LogP contribution in [0.2, 0.25) is 0 Å². The Hall–Kier alpha value is -1.59. The highest BCUT2D eigenvalue weighted by atomic mass is 16.7. The summed E-state index contributed by atoms with van der Waals surface area (Å²) in [5.74, 6) is -0.230. The van der Waals surface area contributed by atoms with E-state index in [9.17, 15) is 9.90 Å². The Morgan fingerprint density at radius 3 is 1.88 bits per heavy atom. The van der Waals surface area contributed by atoms with E-state index < -0.39 is 5.97 Å². The van der Waals surface area contributed by atoms with Crippen LogP contribution in [0.4, 0.5) is 0 Å². The van der Waals surface area contributed by atoms with E-state index in [1.807, 2.05) is 41.5 Å². The molecular formula is C19H30O5. The summed E-state index contributed by atoms with van der Waals surface area (Å²) in [5.41, 5.74) is 1.49. The van der Waals surface area contributed by atoms with Gasteiger partial charge in [-0.1, -0.05) is 41.5 Å². The lowest BCUT2D eigenvalue weighted by Gasteiger charge is -2.30. The van der Waals surface area contributed by atoms with Crippen molar-refractivity contribution >= 4 is 5.97 Å². The topological polar surface area (TPSA) is 65.0 Å². The van der Waals surface area contributed by atoms with Gasteiger partial charge in [-0.2, -0.15) is 0 Å². The van der Waals surface area contributed by atoms with Crippen molar-refractivity contribution in [1.29, 1.82) is 0 Å². The molecule has 0 aromatic heterocycles.